The van der Waals surface area contributed by atoms with Crippen molar-refractivity contribution in [3.63, 3.8) is 0 Å². The summed E-state index contributed by atoms with van der Waals surface area (Å²) in [5.41, 5.74) is 1.73. The topological polar surface area (TPSA) is 41.8 Å². The van der Waals surface area contributed by atoms with E-state index in [-0.39, 0.29) is 17.3 Å². The first-order chi connectivity index (χ1) is 13.7. The lowest BCUT2D eigenvalue weighted by Crippen LogP contribution is -2.14. The summed E-state index contributed by atoms with van der Waals surface area (Å²) >= 11 is 5.76. The van der Waals surface area contributed by atoms with E-state index in [0.717, 1.165) is 17.3 Å². The van der Waals surface area contributed by atoms with Crippen molar-refractivity contribution in [2.75, 3.05) is 0 Å². The van der Waals surface area contributed by atoms with E-state index in [1.807, 2.05) is 6.92 Å². The summed E-state index contributed by atoms with van der Waals surface area (Å²) in [4.78, 5) is 7.60. The largest absolute Gasteiger partial charge is 0.453 e. The van der Waals surface area contributed by atoms with Crippen LogP contribution in [0.3, 0.4) is 0 Å². The highest BCUT2D eigenvalue weighted by Crippen LogP contribution is 2.41. The number of aromatic nitrogens is 2. The van der Waals surface area contributed by atoms with Gasteiger partial charge in [0.25, 0.3) is 0 Å². The fraction of sp³-hybridized carbons (Fsp3) is 0.190. The smallest absolute Gasteiger partial charge is 0.417 e. The van der Waals surface area contributed by atoms with Crippen LogP contribution in [-0.4, -0.2) is 16.1 Å². The first kappa shape index (κ1) is 19.5. The molecule has 0 spiro atoms. The number of nitrogens with zero attached hydrogens (tertiary/aromatic N) is 1. The highest BCUT2D eigenvalue weighted by Gasteiger charge is 2.36. The summed E-state index contributed by atoms with van der Waals surface area (Å²) in [6.45, 7) is 1.82. The summed E-state index contributed by atoms with van der Waals surface area (Å²) in [6.07, 6.45) is -3.03. The van der Waals surface area contributed by atoms with Crippen molar-refractivity contribution in [2.45, 2.75) is 25.9 Å². The van der Waals surface area contributed by atoms with Crippen molar-refractivity contribution >= 4 is 17.2 Å². The van der Waals surface area contributed by atoms with Crippen LogP contribution in [0.5, 0.6) is 0 Å². The average molecular weight is 423 g/mol. The summed E-state index contributed by atoms with van der Waals surface area (Å²) in [7, 11) is 0. The van der Waals surface area contributed by atoms with E-state index >= 15 is 0 Å². The van der Waals surface area contributed by atoms with Gasteiger partial charge in [-0.3, -0.25) is 0 Å². The zero-order valence-corrected chi connectivity index (χ0v) is 16.0. The molecule has 29 heavy (non-hydrogen) atoms. The molecule has 0 bridgehead atoms. The summed E-state index contributed by atoms with van der Waals surface area (Å²) in [6, 6.07) is 9.20. The molecule has 1 aliphatic rings. The van der Waals surface area contributed by atoms with Gasteiger partial charge < -0.3 is 9.40 Å². The van der Waals surface area contributed by atoms with Crippen LogP contribution in [0, 0.1) is 12.7 Å². The van der Waals surface area contributed by atoms with Crippen LogP contribution < -0.4 is 0 Å². The molecule has 0 radical (unpaired) electrons. The minimum Gasteiger partial charge on any atom is -0.453 e. The van der Waals surface area contributed by atoms with Crippen LogP contribution in [-0.2, 0) is 0 Å². The Hall–Kier alpha value is -2.80. The number of aryl methyl sites for hydroxylation is 1. The quantitative estimate of drug-likeness (QED) is 0.461. The van der Waals surface area contributed by atoms with Crippen LogP contribution in [0.1, 0.15) is 24.3 Å². The highest BCUT2D eigenvalue weighted by molar-refractivity contribution is 6.30. The van der Waals surface area contributed by atoms with E-state index in [0.29, 0.717) is 35.0 Å². The molecule has 1 N–H and O–H groups in total. The average Bonchev–Trinajstić information content (AvgIpc) is 3.29. The van der Waals surface area contributed by atoms with Gasteiger partial charge in [-0.15, -0.1) is 0 Å². The predicted molar refractivity (Wildman–Crippen MR) is 103 cm³/mol. The molecule has 3 nitrogen and oxygen atoms in total. The number of imidazole rings is 1. The monoisotopic (exact) mass is 422 g/mol. The van der Waals surface area contributed by atoms with Crippen molar-refractivity contribution in [2.24, 2.45) is 0 Å². The molecular formula is C21H15ClF4N2O. The number of allylic oxidation sites excluding steroid dienone is 4. The molecule has 3 aromatic rings. The van der Waals surface area contributed by atoms with E-state index in [1.54, 1.807) is 24.3 Å². The fourth-order valence-corrected chi connectivity index (χ4v) is 3.49. The SMILES string of the molecule is Cc1[nH]c(-c2ccc(C3=CC(C(F)(F)F)=C(Cl)CC3)o2)nc1-c1ccc(F)cc1. The number of alkyl halides is 3. The Kier molecular flexibility index (Phi) is 4.86. The fourth-order valence-electron chi connectivity index (χ4n) is 3.24. The molecule has 8 heteroatoms. The molecule has 0 fully saturated rings. The number of halogens is 5. The molecule has 1 aromatic carbocycles. The third kappa shape index (κ3) is 3.87. The number of nitrogens with one attached hydrogen (secondary N) is 1. The second-order valence-electron chi connectivity index (χ2n) is 6.72. The lowest BCUT2D eigenvalue weighted by atomic mass is 9.97. The van der Waals surface area contributed by atoms with Crippen molar-refractivity contribution in [1.29, 1.82) is 0 Å². The molecule has 0 atom stereocenters. The molecule has 4 rings (SSSR count). The normalized spacial score (nSPS) is 15.0. The molecule has 0 unspecified atom stereocenters. The lowest BCUT2D eigenvalue weighted by molar-refractivity contribution is -0.0888. The second-order valence-corrected chi connectivity index (χ2v) is 7.17. The number of benzene rings is 1. The minimum absolute atomic E-state index is 0.104. The van der Waals surface area contributed by atoms with Crippen LogP contribution in [0.4, 0.5) is 17.6 Å². The first-order valence-electron chi connectivity index (χ1n) is 8.82. The molecule has 150 valence electrons. The van der Waals surface area contributed by atoms with Gasteiger partial charge in [0.2, 0.25) is 0 Å². The van der Waals surface area contributed by atoms with Crippen molar-refractivity contribution in [3.8, 4) is 22.8 Å². The Morgan fingerprint density at radius 2 is 1.72 bits per heavy atom. The molecule has 1 aliphatic carbocycles. The Balaban J connectivity index is 1.65. The van der Waals surface area contributed by atoms with Gasteiger partial charge in [-0.05, 0) is 67.8 Å². The van der Waals surface area contributed by atoms with Gasteiger partial charge in [-0.2, -0.15) is 13.2 Å². The lowest BCUT2D eigenvalue weighted by Gasteiger charge is -2.17. The maximum Gasteiger partial charge on any atom is 0.417 e. The number of hydrogen-bond donors (Lipinski definition) is 1. The van der Waals surface area contributed by atoms with Gasteiger partial charge in [0, 0.05) is 16.3 Å². The summed E-state index contributed by atoms with van der Waals surface area (Å²) < 4.78 is 58.3. The predicted octanol–water partition coefficient (Wildman–Crippen LogP) is 7.02. The van der Waals surface area contributed by atoms with E-state index in [1.165, 1.54) is 12.1 Å². The first-order valence-corrected chi connectivity index (χ1v) is 9.19. The number of H-pyrrole nitrogens is 1. The van der Waals surface area contributed by atoms with Gasteiger partial charge in [-0.1, -0.05) is 11.6 Å². The molecule has 0 saturated heterocycles. The van der Waals surface area contributed by atoms with E-state index < -0.39 is 11.7 Å². The zero-order valence-electron chi connectivity index (χ0n) is 15.2. The van der Waals surface area contributed by atoms with Crippen LogP contribution >= 0.6 is 11.6 Å². The molecule has 2 aromatic heterocycles. The molecular weight excluding hydrogens is 408 g/mol. The molecule has 0 aliphatic heterocycles. The van der Waals surface area contributed by atoms with Crippen LogP contribution in [0.25, 0.3) is 28.4 Å². The van der Waals surface area contributed by atoms with E-state index in [2.05, 4.69) is 9.97 Å². The molecule has 0 saturated carbocycles. The van der Waals surface area contributed by atoms with Crippen LogP contribution in [0.2, 0.25) is 0 Å². The van der Waals surface area contributed by atoms with Crippen molar-refractivity contribution in [3.05, 3.63) is 70.4 Å². The maximum atomic E-state index is 13.1. The number of furan rings is 1. The second kappa shape index (κ2) is 7.22. The van der Waals surface area contributed by atoms with Gasteiger partial charge in [-0.25, -0.2) is 9.37 Å². The maximum absolute atomic E-state index is 13.1. The van der Waals surface area contributed by atoms with Crippen molar-refractivity contribution in [1.82, 2.24) is 9.97 Å². The number of rotatable bonds is 3. The standard InChI is InChI=1S/C21H15ClF4N2O/c1-11-19(12-2-5-14(23)6-3-12)28-20(27-11)18-9-8-17(29-18)13-4-7-16(22)15(10-13)21(24,25)26/h2-3,5-6,8-10H,4,7H2,1H3,(H,27,28). The Bertz CT molecular complexity index is 1120. The van der Waals surface area contributed by atoms with Gasteiger partial charge >= 0.3 is 6.18 Å². The van der Waals surface area contributed by atoms with Crippen molar-refractivity contribution < 1.29 is 22.0 Å². The Morgan fingerprint density at radius 1 is 1.03 bits per heavy atom. The number of aromatic amines is 1. The Morgan fingerprint density at radius 3 is 2.41 bits per heavy atom. The zero-order chi connectivity index (χ0) is 20.8. The molecule has 0 amide bonds. The highest BCUT2D eigenvalue weighted by atomic mass is 35.5. The third-order valence-electron chi connectivity index (χ3n) is 4.69. The van der Waals surface area contributed by atoms with E-state index in [9.17, 15) is 17.6 Å². The van der Waals surface area contributed by atoms with Gasteiger partial charge in [0.05, 0.1) is 11.3 Å². The van der Waals surface area contributed by atoms with Crippen LogP contribution in [0.15, 0.2) is 57.5 Å². The summed E-state index contributed by atoms with van der Waals surface area (Å²) in [5.74, 6) is 0.829. The van der Waals surface area contributed by atoms with E-state index in [4.69, 9.17) is 16.0 Å². The summed E-state index contributed by atoms with van der Waals surface area (Å²) in [5, 5.41) is -0.196. The molecule has 2 heterocycles. The minimum atomic E-state index is -4.51. The van der Waals surface area contributed by atoms with Gasteiger partial charge in [0.1, 0.15) is 11.6 Å². The third-order valence-corrected chi connectivity index (χ3v) is 5.08. The van der Waals surface area contributed by atoms with Gasteiger partial charge in [0.15, 0.2) is 11.6 Å². The Labute approximate surface area is 168 Å². The number of hydrogen-bond acceptors (Lipinski definition) is 2.